The van der Waals surface area contributed by atoms with E-state index in [1.165, 1.54) is 0 Å². The molecule has 3 rings (SSSR count). The first-order valence-electron chi connectivity index (χ1n) is 8.19. The van der Waals surface area contributed by atoms with E-state index in [1.54, 1.807) is 31.3 Å². The van der Waals surface area contributed by atoms with Crippen LogP contribution in [0, 0.1) is 0 Å². The number of rotatable bonds is 6. The lowest BCUT2D eigenvalue weighted by Crippen LogP contribution is -2.27. The standard InChI is InChI=1S/C20H20N4O2/c1-24(14-15-6-4-3-5-7-15)19(25)18-12-13-21-20(23-18)22-16-8-10-17(26-2)11-9-16/h3-13H,14H2,1-2H3,(H,21,22,23). The molecule has 1 N–H and O–H groups in total. The molecule has 1 heterocycles. The van der Waals surface area contributed by atoms with Crippen LogP contribution in [0.5, 0.6) is 5.75 Å². The average Bonchev–Trinajstić information content (AvgIpc) is 2.69. The van der Waals surface area contributed by atoms with Gasteiger partial charge >= 0.3 is 0 Å². The van der Waals surface area contributed by atoms with Gasteiger partial charge in [0.15, 0.2) is 0 Å². The normalized spacial score (nSPS) is 10.2. The van der Waals surface area contributed by atoms with Gasteiger partial charge in [-0.2, -0.15) is 0 Å². The molecule has 2 aromatic carbocycles. The Bertz CT molecular complexity index is 866. The van der Waals surface area contributed by atoms with E-state index < -0.39 is 0 Å². The van der Waals surface area contributed by atoms with E-state index in [9.17, 15) is 4.79 Å². The van der Waals surface area contributed by atoms with Gasteiger partial charge in [0, 0.05) is 25.5 Å². The third-order valence-electron chi connectivity index (χ3n) is 3.83. The van der Waals surface area contributed by atoms with Crippen molar-refractivity contribution < 1.29 is 9.53 Å². The summed E-state index contributed by atoms with van der Waals surface area (Å²) in [4.78, 5) is 22.8. The molecule has 0 saturated carbocycles. The van der Waals surface area contributed by atoms with Gasteiger partial charge in [-0.1, -0.05) is 30.3 Å². The van der Waals surface area contributed by atoms with Gasteiger partial charge in [0.25, 0.3) is 5.91 Å². The first kappa shape index (κ1) is 17.4. The van der Waals surface area contributed by atoms with E-state index in [0.717, 1.165) is 17.0 Å². The van der Waals surface area contributed by atoms with E-state index in [0.29, 0.717) is 18.2 Å². The Morgan fingerprint density at radius 3 is 2.50 bits per heavy atom. The Kier molecular flexibility index (Phi) is 5.43. The van der Waals surface area contributed by atoms with Gasteiger partial charge in [-0.15, -0.1) is 0 Å². The van der Waals surface area contributed by atoms with Crippen molar-refractivity contribution in [2.75, 3.05) is 19.5 Å². The zero-order chi connectivity index (χ0) is 18.4. The van der Waals surface area contributed by atoms with Crippen molar-refractivity contribution in [3.8, 4) is 5.75 Å². The van der Waals surface area contributed by atoms with Crippen LogP contribution in [0.4, 0.5) is 11.6 Å². The van der Waals surface area contributed by atoms with Crippen molar-refractivity contribution in [3.05, 3.63) is 78.1 Å². The molecule has 0 fully saturated rings. The van der Waals surface area contributed by atoms with Crippen molar-refractivity contribution in [1.29, 1.82) is 0 Å². The number of carbonyl (C=O) groups is 1. The van der Waals surface area contributed by atoms with Crippen molar-refractivity contribution in [1.82, 2.24) is 14.9 Å². The second-order valence-electron chi connectivity index (χ2n) is 5.77. The number of hydrogen-bond acceptors (Lipinski definition) is 5. The van der Waals surface area contributed by atoms with Crippen molar-refractivity contribution in [2.45, 2.75) is 6.54 Å². The largest absolute Gasteiger partial charge is 0.497 e. The minimum Gasteiger partial charge on any atom is -0.497 e. The van der Waals surface area contributed by atoms with Crippen LogP contribution in [0.1, 0.15) is 16.1 Å². The molecule has 0 aliphatic carbocycles. The molecule has 1 amide bonds. The average molecular weight is 348 g/mol. The first-order chi connectivity index (χ1) is 12.7. The molecule has 3 aromatic rings. The van der Waals surface area contributed by atoms with Gasteiger partial charge in [-0.3, -0.25) is 4.79 Å². The van der Waals surface area contributed by atoms with Gasteiger partial charge in [0.05, 0.1) is 7.11 Å². The highest BCUT2D eigenvalue weighted by atomic mass is 16.5. The minimum atomic E-state index is -0.158. The number of hydrogen-bond donors (Lipinski definition) is 1. The third kappa shape index (κ3) is 4.36. The SMILES string of the molecule is COc1ccc(Nc2nccc(C(=O)N(C)Cc3ccccc3)n2)cc1. The van der Waals surface area contributed by atoms with E-state index >= 15 is 0 Å². The predicted octanol–water partition coefficient (Wildman–Crippen LogP) is 3.50. The van der Waals surface area contributed by atoms with Gasteiger partial charge in [0.1, 0.15) is 11.4 Å². The summed E-state index contributed by atoms with van der Waals surface area (Å²) < 4.78 is 5.14. The van der Waals surface area contributed by atoms with Crippen LogP contribution in [0.25, 0.3) is 0 Å². The van der Waals surface area contributed by atoms with Crippen LogP contribution >= 0.6 is 0 Å². The topological polar surface area (TPSA) is 67.3 Å². The van der Waals surface area contributed by atoms with Crippen molar-refractivity contribution in [2.24, 2.45) is 0 Å². The quantitative estimate of drug-likeness (QED) is 0.738. The van der Waals surface area contributed by atoms with Gasteiger partial charge in [-0.05, 0) is 35.9 Å². The zero-order valence-electron chi connectivity index (χ0n) is 14.7. The van der Waals surface area contributed by atoms with Crippen molar-refractivity contribution >= 4 is 17.5 Å². The number of benzene rings is 2. The van der Waals surface area contributed by atoms with Crippen LogP contribution in [0.3, 0.4) is 0 Å². The fourth-order valence-corrected chi connectivity index (χ4v) is 2.47. The molecule has 26 heavy (non-hydrogen) atoms. The Labute approximate surface area is 152 Å². The van der Waals surface area contributed by atoms with E-state index in [1.807, 2.05) is 54.6 Å². The number of methoxy groups -OCH3 is 1. The Balaban J connectivity index is 1.70. The molecule has 0 aliphatic heterocycles. The Hall–Kier alpha value is -3.41. The number of nitrogens with one attached hydrogen (secondary N) is 1. The minimum absolute atomic E-state index is 0.158. The maximum atomic E-state index is 12.6. The molecular formula is C20H20N4O2. The number of carbonyl (C=O) groups excluding carboxylic acids is 1. The summed E-state index contributed by atoms with van der Waals surface area (Å²) in [7, 11) is 3.38. The number of nitrogens with zero attached hydrogens (tertiary/aromatic N) is 3. The van der Waals surface area contributed by atoms with Crippen LogP contribution < -0.4 is 10.1 Å². The lowest BCUT2D eigenvalue weighted by molar-refractivity contribution is 0.0779. The molecule has 6 nitrogen and oxygen atoms in total. The molecule has 0 unspecified atom stereocenters. The first-order valence-corrected chi connectivity index (χ1v) is 8.19. The summed E-state index contributed by atoms with van der Waals surface area (Å²) in [5.41, 5.74) is 2.22. The van der Waals surface area contributed by atoms with Gasteiger partial charge < -0.3 is 15.0 Å². The van der Waals surface area contributed by atoms with Crippen LogP contribution in [-0.2, 0) is 6.54 Å². The summed E-state index contributed by atoms with van der Waals surface area (Å²) in [5.74, 6) is 0.978. The zero-order valence-corrected chi connectivity index (χ0v) is 14.7. The van der Waals surface area contributed by atoms with Gasteiger partial charge in [0.2, 0.25) is 5.95 Å². The van der Waals surface area contributed by atoms with Crippen LogP contribution in [0.15, 0.2) is 66.9 Å². The Morgan fingerprint density at radius 2 is 1.81 bits per heavy atom. The molecule has 6 heteroatoms. The lowest BCUT2D eigenvalue weighted by atomic mass is 10.2. The molecule has 0 saturated heterocycles. The van der Waals surface area contributed by atoms with Crippen LogP contribution in [-0.4, -0.2) is 34.9 Å². The monoisotopic (exact) mass is 348 g/mol. The highest BCUT2D eigenvalue weighted by Gasteiger charge is 2.14. The fourth-order valence-electron chi connectivity index (χ4n) is 2.47. The second kappa shape index (κ2) is 8.11. The molecule has 0 atom stereocenters. The van der Waals surface area contributed by atoms with E-state index in [-0.39, 0.29) is 5.91 Å². The molecule has 0 bridgehead atoms. The molecule has 132 valence electrons. The number of anilines is 2. The Morgan fingerprint density at radius 1 is 1.08 bits per heavy atom. The van der Waals surface area contributed by atoms with Crippen LogP contribution in [0.2, 0.25) is 0 Å². The fraction of sp³-hybridized carbons (Fsp3) is 0.150. The lowest BCUT2D eigenvalue weighted by Gasteiger charge is -2.17. The smallest absolute Gasteiger partial charge is 0.272 e. The third-order valence-corrected chi connectivity index (χ3v) is 3.83. The maximum Gasteiger partial charge on any atom is 0.272 e. The number of aromatic nitrogens is 2. The summed E-state index contributed by atoms with van der Waals surface area (Å²) >= 11 is 0. The highest BCUT2D eigenvalue weighted by Crippen LogP contribution is 2.18. The van der Waals surface area contributed by atoms with E-state index in [4.69, 9.17) is 4.74 Å². The molecule has 0 aliphatic rings. The van der Waals surface area contributed by atoms with E-state index in [2.05, 4.69) is 15.3 Å². The second-order valence-corrected chi connectivity index (χ2v) is 5.77. The number of amides is 1. The molecule has 0 spiro atoms. The molecule has 1 aromatic heterocycles. The van der Waals surface area contributed by atoms with Gasteiger partial charge in [-0.25, -0.2) is 9.97 Å². The summed E-state index contributed by atoms with van der Waals surface area (Å²) in [6.45, 7) is 0.519. The highest BCUT2D eigenvalue weighted by molar-refractivity contribution is 5.92. The predicted molar refractivity (Wildman–Crippen MR) is 101 cm³/mol. The summed E-state index contributed by atoms with van der Waals surface area (Å²) in [6.07, 6.45) is 1.57. The number of ether oxygens (including phenoxy) is 1. The maximum absolute atomic E-state index is 12.6. The molecule has 0 radical (unpaired) electrons. The molecular weight excluding hydrogens is 328 g/mol. The summed E-state index contributed by atoms with van der Waals surface area (Å²) in [5, 5.41) is 3.09. The summed E-state index contributed by atoms with van der Waals surface area (Å²) in [6, 6.07) is 18.8. The van der Waals surface area contributed by atoms with Crippen molar-refractivity contribution in [3.63, 3.8) is 0 Å².